The van der Waals surface area contributed by atoms with Gasteiger partial charge in [-0.2, -0.15) is 0 Å². The van der Waals surface area contributed by atoms with Crippen LogP contribution in [0.3, 0.4) is 0 Å². The summed E-state index contributed by atoms with van der Waals surface area (Å²) in [5.74, 6) is -0.187. The van der Waals surface area contributed by atoms with Crippen molar-refractivity contribution in [3.05, 3.63) is 33.9 Å². The number of carbonyl (C=O) groups excluding carboxylic acids is 1. The van der Waals surface area contributed by atoms with Gasteiger partial charge in [0.15, 0.2) is 0 Å². The van der Waals surface area contributed by atoms with Crippen LogP contribution < -0.4 is 5.32 Å². The van der Waals surface area contributed by atoms with E-state index in [0.29, 0.717) is 30.4 Å². The van der Waals surface area contributed by atoms with Crippen molar-refractivity contribution in [1.82, 2.24) is 4.90 Å². The monoisotopic (exact) mass is 319 g/mol. The van der Waals surface area contributed by atoms with Gasteiger partial charge in [0.25, 0.3) is 11.6 Å². The number of rotatable bonds is 4. The summed E-state index contributed by atoms with van der Waals surface area (Å²) in [6.45, 7) is 4.83. The minimum absolute atomic E-state index is 0.0338. The van der Waals surface area contributed by atoms with Crippen molar-refractivity contribution in [3.8, 4) is 0 Å². The number of anilines is 1. The highest BCUT2D eigenvalue weighted by Gasteiger charge is 2.29. The molecule has 0 spiro atoms. The summed E-state index contributed by atoms with van der Waals surface area (Å²) >= 11 is 0. The van der Waals surface area contributed by atoms with Gasteiger partial charge in [-0.25, -0.2) is 0 Å². The summed E-state index contributed by atoms with van der Waals surface area (Å²) in [5.41, 5.74) is 0.786. The first-order valence-corrected chi connectivity index (χ1v) is 7.93. The van der Waals surface area contributed by atoms with E-state index < -0.39 is 4.92 Å². The highest BCUT2D eigenvalue weighted by atomic mass is 16.6. The van der Waals surface area contributed by atoms with Crippen LogP contribution in [0.5, 0.6) is 0 Å². The van der Waals surface area contributed by atoms with Gasteiger partial charge >= 0.3 is 0 Å². The third kappa shape index (κ3) is 3.61. The van der Waals surface area contributed by atoms with E-state index in [0.717, 1.165) is 12.8 Å². The lowest BCUT2D eigenvalue weighted by Crippen LogP contribution is -2.48. The maximum Gasteiger partial charge on any atom is 0.293 e. The van der Waals surface area contributed by atoms with Crippen molar-refractivity contribution in [2.45, 2.75) is 44.9 Å². The Hall–Kier alpha value is -2.15. The molecule has 1 amide bonds. The second-order valence-corrected chi connectivity index (χ2v) is 6.38. The lowest BCUT2D eigenvalue weighted by atomic mass is 10.1. The Morgan fingerprint density at radius 3 is 2.52 bits per heavy atom. The molecule has 0 radical (unpaired) electrons. The first kappa shape index (κ1) is 15.7. The summed E-state index contributed by atoms with van der Waals surface area (Å²) in [6, 6.07) is 4.98. The van der Waals surface area contributed by atoms with Crippen molar-refractivity contribution in [2.24, 2.45) is 0 Å². The predicted molar refractivity (Wildman–Crippen MR) is 85.7 cm³/mol. The van der Waals surface area contributed by atoms with Crippen molar-refractivity contribution in [2.75, 3.05) is 18.4 Å². The molecule has 1 saturated heterocycles. The normalized spacial score (nSPS) is 24.3. The number of nitro benzene ring substituents is 1. The molecule has 1 aliphatic carbocycles. The molecule has 1 heterocycles. The minimum Gasteiger partial charge on any atom is -0.377 e. The number of nitrogens with zero attached hydrogens (tertiary/aromatic N) is 2. The fourth-order valence-electron chi connectivity index (χ4n) is 2.91. The van der Waals surface area contributed by atoms with Gasteiger partial charge in [-0.1, -0.05) is 0 Å². The van der Waals surface area contributed by atoms with Crippen LogP contribution in [0.25, 0.3) is 0 Å². The highest BCUT2D eigenvalue weighted by Crippen LogP contribution is 2.32. The Balaban J connectivity index is 1.82. The molecule has 2 fully saturated rings. The summed E-state index contributed by atoms with van der Waals surface area (Å²) in [4.78, 5) is 25.2. The van der Waals surface area contributed by atoms with E-state index in [-0.39, 0.29) is 23.8 Å². The molecule has 23 heavy (non-hydrogen) atoms. The van der Waals surface area contributed by atoms with Crippen molar-refractivity contribution < 1.29 is 14.5 Å². The average molecular weight is 319 g/mol. The molecule has 2 aliphatic rings. The van der Waals surface area contributed by atoms with Gasteiger partial charge in [0.05, 0.1) is 17.1 Å². The Morgan fingerprint density at radius 2 is 1.96 bits per heavy atom. The number of hydrogen-bond acceptors (Lipinski definition) is 5. The van der Waals surface area contributed by atoms with Gasteiger partial charge in [-0.15, -0.1) is 0 Å². The zero-order valence-corrected chi connectivity index (χ0v) is 13.3. The van der Waals surface area contributed by atoms with Crippen LogP contribution in [0.4, 0.5) is 11.4 Å². The first-order valence-electron chi connectivity index (χ1n) is 7.93. The van der Waals surface area contributed by atoms with E-state index >= 15 is 0 Å². The number of nitro groups is 1. The zero-order chi connectivity index (χ0) is 16.6. The minimum atomic E-state index is -0.438. The van der Waals surface area contributed by atoms with Crippen molar-refractivity contribution >= 4 is 17.3 Å². The largest absolute Gasteiger partial charge is 0.377 e. The van der Waals surface area contributed by atoms with Gasteiger partial charge in [0.2, 0.25) is 0 Å². The second-order valence-electron chi connectivity index (χ2n) is 6.38. The number of carbonyl (C=O) groups is 1. The molecule has 1 saturated carbocycles. The number of amides is 1. The van der Waals surface area contributed by atoms with E-state index in [9.17, 15) is 14.9 Å². The SMILES string of the molecule is C[C@@H]1CN(C(=O)c2ccc(NC3CC3)c([N+](=O)[O-])c2)C[C@@H](C)O1. The smallest absolute Gasteiger partial charge is 0.293 e. The van der Waals surface area contributed by atoms with Crippen LogP contribution in [0.2, 0.25) is 0 Å². The molecule has 1 aliphatic heterocycles. The highest BCUT2D eigenvalue weighted by molar-refractivity contribution is 5.96. The molecule has 0 unspecified atom stereocenters. The molecule has 1 aromatic rings. The Labute approximate surface area is 134 Å². The van der Waals surface area contributed by atoms with Gasteiger partial charge in [-0.3, -0.25) is 14.9 Å². The molecule has 0 aromatic heterocycles. The Morgan fingerprint density at radius 1 is 1.30 bits per heavy atom. The number of benzene rings is 1. The quantitative estimate of drug-likeness (QED) is 0.680. The molecular formula is C16H21N3O4. The van der Waals surface area contributed by atoms with E-state index in [4.69, 9.17) is 4.74 Å². The molecule has 1 aromatic carbocycles. The average Bonchev–Trinajstić information content (AvgIpc) is 3.29. The fraction of sp³-hybridized carbons (Fsp3) is 0.562. The second kappa shape index (κ2) is 6.16. The summed E-state index contributed by atoms with van der Waals surface area (Å²) in [5, 5.41) is 14.4. The lowest BCUT2D eigenvalue weighted by molar-refractivity contribution is -0.384. The van der Waals surface area contributed by atoms with E-state index in [1.165, 1.54) is 6.07 Å². The molecule has 7 nitrogen and oxygen atoms in total. The standard InChI is InChI=1S/C16H21N3O4/c1-10-8-18(9-11(2)23-10)16(20)12-3-6-14(17-13-4-5-13)15(7-12)19(21)22/h3,6-7,10-11,13,17H,4-5,8-9H2,1-2H3/t10-,11-/m1/s1. The summed E-state index contributed by atoms with van der Waals surface area (Å²) in [6.07, 6.45) is 1.99. The fourth-order valence-corrected chi connectivity index (χ4v) is 2.91. The number of nitrogens with one attached hydrogen (secondary N) is 1. The van der Waals surface area contributed by atoms with E-state index in [1.54, 1.807) is 17.0 Å². The number of ether oxygens (including phenoxy) is 1. The maximum atomic E-state index is 12.6. The summed E-state index contributed by atoms with van der Waals surface area (Å²) < 4.78 is 5.62. The van der Waals surface area contributed by atoms with Gasteiger partial charge in [0.1, 0.15) is 5.69 Å². The molecule has 7 heteroatoms. The zero-order valence-electron chi connectivity index (χ0n) is 13.3. The van der Waals surface area contributed by atoms with Crippen molar-refractivity contribution in [1.29, 1.82) is 0 Å². The Kier molecular flexibility index (Phi) is 4.21. The van der Waals surface area contributed by atoms with Crippen LogP contribution in [-0.4, -0.2) is 47.1 Å². The van der Waals surface area contributed by atoms with Gasteiger partial charge in [-0.05, 0) is 38.8 Å². The van der Waals surface area contributed by atoms with Crippen LogP contribution in [0.15, 0.2) is 18.2 Å². The molecular weight excluding hydrogens is 298 g/mol. The molecule has 0 bridgehead atoms. The van der Waals surface area contributed by atoms with E-state index in [2.05, 4.69) is 5.32 Å². The Bertz CT molecular complexity index is 620. The van der Waals surface area contributed by atoms with Crippen LogP contribution >= 0.6 is 0 Å². The van der Waals surface area contributed by atoms with Crippen molar-refractivity contribution in [3.63, 3.8) is 0 Å². The van der Waals surface area contributed by atoms with Crippen LogP contribution in [0.1, 0.15) is 37.0 Å². The third-order valence-corrected chi connectivity index (χ3v) is 4.09. The van der Waals surface area contributed by atoms with Crippen LogP contribution in [0, 0.1) is 10.1 Å². The molecule has 1 N–H and O–H groups in total. The first-order chi connectivity index (χ1) is 10.9. The topological polar surface area (TPSA) is 84.7 Å². The molecule has 3 rings (SSSR count). The molecule has 2 atom stereocenters. The molecule has 124 valence electrons. The summed E-state index contributed by atoms with van der Waals surface area (Å²) in [7, 11) is 0. The third-order valence-electron chi connectivity index (χ3n) is 4.09. The van der Waals surface area contributed by atoms with Crippen LogP contribution in [-0.2, 0) is 4.74 Å². The number of morpholine rings is 1. The van der Waals surface area contributed by atoms with Gasteiger partial charge < -0.3 is 15.0 Å². The van der Waals surface area contributed by atoms with Gasteiger partial charge in [0, 0.05) is 30.8 Å². The van der Waals surface area contributed by atoms with E-state index in [1.807, 2.05) is 13.8 Å². The number of hydrogen-bond donors (Lipinski definition) is 1. The maximum absolute atomic E-state index is 12.6. The lowest BCUT2D eigenvalue weighted by Gasteiger charge is -2.35. The predicted octanol–water partition coefficient (Wildman–Crippen LogP) is 2.42.